The van der Waals surface area contributed by atoms with Gasteiger partial charge in [0.15, 0.2) is 0 Å². The number of rotatable bonds is 11. The highest BCUT2D eigenvalue weighted by Gasteiger charge is 2.03. The van der Waals surface area contributed by atoms with Gasteiger partial charge in [-0.25, -0.2) is 4.79 Å². The van der Waals surface area contributed by atoms with Crippen LogP contribution in [0.5, 0.6) is 0 Å². The topological polar surface area (TPSA) is 53.6 Å². The largest absolute Gasteiger partial charge is 0.377 e. The first-order valence-corrected chi connectivity index (χ1v) is 10.1. The van der Waals surface area contributed by atoms with Crippen LogP contribution in [0.15, 0.2) is 48.5 Å². The van der Waals surface area contributed by atoms with Crippen LogP contribution in [0.2, 0.25) is 0 Å². The van der Waals surface area contributed by atoms with Gasteiger partial charge in [0.25, 0.3) is 0 Å². The molecule has 0 heterocycles. The molecule has 5 heteroatoms. The minimum Gasteiger partial charge on any atom is -0.377 e. The SMILES string of the molecule is CCOCc1ccc(CNC(=O)NCc2ccc(CN(CC)CC)cc2)cc1. The molecule has 0 radical (unpaired) electrons. The summed E-state index contributed by atoms with van der Waals surface area (Å²) in [7, 11) is 0. The number of hydrogen-bond acceptors (Lipinski definition) is 3. The summed E-state index contributed by atoms with van der Waals surface area (Å²) in [5.41, 5.74) is 4.60. The third-order valence-corrected chi connectivity index (χ3v) is 4.73. The smallest absolute Gasteiger partial charge is 0.315 e. The van der Waals surface area contributed by atoms with E-state index in [9.17, 15) is 4.79 Å². The van der Waals surface area contributed by atoms with Crippen LogP contribution in [-0.4, -0.2) is 30.6 Å². The van der Waals surface area contributed by atoms with Gasteiger partial charge >= 0.3 is 6.03 Å². The van der Waals surface area contributed by atoms with Crippen molar-refractivity contribution >= 4 is 6.03 Å². The average Bonchev–Trinajstić information content (AvgIpc) is 2.74. The number of carbonyl (C=O) groups is 1. The lowest BCUT2D eigenvalue weighted by Crippen LogP contribution is -2.34. The zero-order valence-corrected chi connectivity index (χ0v) is 17.3. The Morgan fingerprint density at radius 1 is 0.786 bits per heavy atom. The minimum atomic E-state index is -0.161. The molecule has 0 aromatic heterocycles. The summed E-state index contributed by atoms with van der Waals surface area (Å²) in [6.07, 6.45) is 0. The minimum absolute atomic E-state index is 0.161. The predicted molar refractivity (Wildman–Crippen MR) is 114 cm³/mol. The molecule has 0 spiro atoms. The molecule has 0 unspecified atom stereocenters. The fraction of sp³-hybridized carbons (Fsp3) is 0.435. The molecular weight excluding hydrogens is 350 g/mol. The van der Waals surface area contributed by atoms with Crippen molar-refractivity contribution in [2.75, 3.05) is 19.7 Å². The van der Waals surface area contributed by atoms with Crippen molar-refractivity contribution in [3.8, 4) is 0 Å². The van der Waals surface area contributed by atoms with E-state index in [-0.39, 0.29) is 6.03 Å². The highest BCUT2D eigenvalue weighted by molar-refractivity contribution is 5.73. The van der Waals surface area contributed by atoms with Crippen LogP contribution in [0.25, 0.3) is 0 Å². The first-order valence-electron chi connectivity index (χ1n) is 10.1. The lowest BCUT2D eigenvalue weighted by molar-refractivity contribution is 0.134. The highest BCUT2D eigenvalue weighted by atomic mass is 16.5. The standard InChI is InChI=1S/C23H33N3O2/c1-4-26(5-2)17-21-11-7-19(8-12-21)15-24-23(27)25-16-20-9-13-22(14-10-20)18-28-6-3/h7-14H,4-6,15-18H2,1-3H3,(H2,24,25,27). The number of nitrogens with zero attached hydrogens (tertiary/aromatic N) is 1. The van der Waals surface area contributed by atoms with E-state index in [4.69, 9.17) is 4.74 Å². The Balaban J connectivity index is 1.72. The zero-order valence-electron chi connectivity index (χ0n) is 17.3. The molecular formula is C23H33N3O2. The van der Waals surface area contributed by atoms with Gasteiger partial charge in [-0.15, -0.1) is 0 Å². The van der Waals surface area contributed by atoms with Crippen molar-refractivity contribution in [2.24, 2.45) is 0 Å². The van der Waals surface area contributed by atoms with Gasteiger partial charge in [-0.2, -0.15) is 0 Å². The van der Waals surface area contributed by atoms with Gasteiger partial charge in [-0.1, -0.05) is 62.4 Å². The predicted octanol–water partition coefficient (Wildman–Crippen LogP) is 4.06. The van der Waals surface area contributed by atoms with Gasteiger partial charge in [0, 0.05) is 26.2 Å². The number of hydrogen-bond donors (Lipinski definition) is 2. The summed E-state index contributed by atoms with van der Waals surface area (Å²) in [5.74, 6) is 0. The third-order valence-electron chi connectivity index (χ3n) is 4.73. The van der Waals surface area contributed by atoms with E-state index < -0.39 is 0 Å². The van der Waals surface area contributed by atoms with E-state index in [1.54, 1.807) is 0 Å². The van der Waals surface area contributed by atoms with Gasteiger partial charge in [0.2, 0.25) is 0 Å². The second-order valence-corrected chi connectivity index (χ2v) is 6.77. The summed E-state index contributed by atoms with van der Waals surface area (Å²) in [6, 6.07) is 16.4. The van der Waals surface area contributed by atoms with Crippen molar-refractivity contribution in [2.45, 2.75) is 47.0 Å². The zero-order chi connectivity index (χ0) is 20.2. The van der Waals surface area contributed by atoms with Crippen LogP contribution < -0.4 is 10.6 Å². The third kappa shape index (κ3) is 7.71. The van der Waals surface area contributed by atoms with Crippen molar-refractivity contribution in [3.05, 3.63) is 70.8 Å². The van der Waals surface area contributed by atoms with Crippen molar-refractivity contribution in [1.82, 2.24) is 15.5 Å². The molecule has 2 N–H and O–H groups in total. The number of urea groups is 1. The molecule has 0 fully saturated rings. The van der Waals surface area contributed by atoms with Crippen LogP contribution >= 0.6 is 0 Å². The molecule has 0 atom stereocenters. The van der Waals surface area contributed by atoms with E-state index in [0.29, 0.717) is 26.3 Å². The maximum absolute atomic E-state index is 12.0. The Morgan fingerprint density at radius 3 is 1.71 bits per heavy atom. The van der Waals surface area contributed by atoms with Crippen molar-refractivity contribution in [3.63, 3.8) is 0 Å². The Labute approximate surface area is 169 Å². The average molecular weight is 384 g/mol. The molecule has 0 saturated carbocycles. The molecule has 2 rings (SSSR count). The Hall–Kier alpha value is -2.37. The summed E-state index contributed by atoms with van der Waals surface area (Å²) >= 11 is 0. The van der Waals surface area contributed by atoms with E-state index >= 15 is 0 Å². The number of amides is 2. The van der Waals surface area contributed by atoms with Gasteiger partial charge < -0.3 is 15.4 Å². The molecule has 2 aromatic rings. The lowest BCUT2D eigenvalue weighted by Gasteiger charge is -2.18. The molecule has 0 aliphatic heterocycles. The van der Waals surface area contributed by atoms with E-state index in [2.05, 4.69) is 53.6 Å². The first-order chi connectivity index (χ1) is 13.6. The Morgan fingerprint density at radius 2 is 1.25 bits per heavy atom. The number of carbonyl (C=O) groups excluding carboxylic acids is 1. The molecule has 0 saturated heterocycles. The van der Waals surface area contributed by atoms with E-state index in [0.717, 1.165) is 36.3 Å². The fourth-order valence-electron chi connectivity index (χ4n) is 2.87. The molecule has 2 aromatic carbocycles. The van der Waals surface area contributed by atoms with Crippen LogP contribution in [0.4, 0.5) is 4.79 Å². The number of nitrogens with one attached hydrogen (secondary N) is 2. The highest BCUT2D eigenvalue weighted by Crippen LogP contribution is 2.08. The Kier molecular flexibility index (Phi) is 9.52. The number of benzene rings is 2. The summed E-state index contributed by atoms with van der Waals surface area (Å²) in [4.78, 5) is 14.4. The van der Waals surface area contributed by atoms with Gasteiger partial charge in [0.05, 0.1) is 6.61 Å². The molecule has 0 aliphatic carbocycles. The van der Waals surface area contributed by atoms with Gasteiger partial charge in [-0.05, 0) is 42.3 Å². The van der Waals surface area contributed by atoms with E-state index in [1.165, 1.54) is 5.56 Å². The van der Waals surface area contributed by atoms with Crippen molar-refractivity contribution < 1.29 is 9.53 Å². The quantitative estimate of drug-likeness (QED) is 0.615. The summed E-state index contributed by atoms with van der Waals surface area (Å²) in [5, 5.41) is 5.81. The molecule has 0 bridgehead atoms. The van der Waals surface area contributed by atoms with E-state index in [1.807, 2.05) is 31.2 Å². The van der Waals surface area contributed by atoms with Gasteiger partial charge in [-0.3, -0.25) is 4.90 Å². The molecule has 152 valence electrons. The maximum atomic E-state index is 12.0. The van der Waals surface area contributed by atoms with Crippen LogP contribution in [0.1, 0.15) is 43.0 Å². The lowest BCUT2D eigenvalue weighted by atomic mass is 10.1. The maximum Gasteiger partial charge on any atom is 0.315 e. The molecule has 2 amide bonds. The van der Waals surface area contributed by atoms with Crippen LogP contribution in [0, 0.1) is 0 Å². The van der Waals surface area contributed by atoms with Crippen LogP contribution in [0.3, 0.4) is 0 Å². The molecule has 5 nitrogen and oxygen atoms in total. The monoisotopic (exact) mass is 383 g/mol. The second kappa shape index (κ2) is 12.2. The number of ether oxygens (including phenoxy) is 1. The molecule has 0 aliphatic rings. The Bertz CT molecular complexity index is 695. The normalized spacial score (nSPS) is 10.9. The van der Waals surface area contributed by atoms with Crippen LogP contribution in [-0.2, 0) is 31.0 Å². The first kappa shape index (κ1) is 21.9. The molecule has 28 heavy (non-hydrogen) atoms. The fourth-order valence-corrected chi connectivity index (χ4v) is 2.87. The summed E-state index contributed by atoms with van der Waals surface area (Å²) in [6.45, 7) is 11.8. The van der Waals surface area contributed by atoms with Crippen molar-refractivity contribution in [1.29, 1.82) is 0 Å². The second-order valence-electron chi connectivity index (χ2n) is 6.77. The summed E-state index contributed by atoms with van der Waals surface area (Å²) < 4.78 is 5.39. The van der Waals surface area contributed by atoms with Gasteiger partial charge in [0.1, 0.15) is 0 Å².